The van der Waals surface area contributed by atoms with Gasteiger partial charge in [0.1, 0.15) is 0 Å². The number of rotatable bonds is 3. The first-order valence-electron chi connectivity index (χ1n) is 9.32. The maximum atomic E-state index is 13.3. The van der Waals surface area contributed by atoms with Crippen LogP contribution in [0, 0.1) is 6.92 Å². The fourth-order valence-corrected chi connectivity index (χ4v) is 4.40. The lowest BCUT2D eigenvalue weighted by molar-refractivity contribution is 0.0683. The maximum Gasteiger partial charge on any atom is 0.254 e. The number of hydrogen-bond donors (Lipinski definition) is 1. The normalized spacial score (nSPS) is 25.7. The number of aromatic nitrogens is 3. The summed E-state index contributed by atoms with van der Waals surface area (Å²) in [6.07, 6.45) is 6.37. The summed E-state index contributed by atoms with van der Waals surface area (Å²) in [6.45, 7) is 6.10. The van der Waals surface area contributed by atoms with Crippen molar-refractivity contribution in [3.63, 3.8) is 0 Å². The maximum absolute atomic E-state index is 13.3. The second-order valence-corrected chi connectivity index (χ2v) is 7.91. The smallest absolute Gasteiger partial charge is 0.254 e. The molecule has 0 saturated carbocycles. The Kier molecular flexibility index (Phi) is 4.02. The van der Waals surface area contributed by atoms with Crippen molar-refractivity contribution in [1.82, 2.24) is 25.0 Å². The minimum atomic E-state index is 0.0881. The molecule has 6 nitrogen and oxygen atoms in total. The van der Waals surface area contributed by atoms with E-state index in [9.17, 15) is 4.79 Å². The van der Waals surface area contributed by atoms with Crippen molar-refractivity contribution in [3.05, 3.63) is 23.5 Å². The number of hydrogen-bond acceptors (Lipinski definition) is 4. The summed E-state index contributed by atoms with van der Waals surface area (Å²) in [5.41, 5.74) is 2.39. The van der Waals surface area contributed by atoms with Gasteiger partial charge in [0.15, 0.2) is 5.65 Å². The fourth-order valence-electron chi connectivity index (χ4n) is 4.40. The Morgan fingerprint density at radius 2 is 2.00 bits per heavy atom. The highest BCUT2D eigenvalue weighted by molar-refractivity contribution is 6.05. The van der Waals surface area contributed by atoms with Crippen LogP contribution in [-0.2, 0) is 0 Å². The van der Waals surface area contributed by atoms with Crippen LogP contribution in [0.4, 0.5) is 0 Å². The van der Waals surface area contributed by atoms with Crippen molar-refractivity contribution in [1.29, 1.82) is 0 Å². The molecule has 2 saturated heterocycles. The first-order valence-corrected chi connectivity index (χ1v) is 9.32. The molecular weight excluding hydrogens is 314 g/mol. The molecule has 2 unspecified atom stereocenters. The van der Waals surface area contributed by atoms with Crippen LogP contribution in [0.3, 0.4) is 0 Å². The molecule has 0 radical (unpaired) electrons. The zero-order valence-electron chi connectivity index (χ0n) is 15.5. The van der Waals surface area contributed by atoms with Crippen LogP contribution in [0.1, 0.15) is 61.6 Å². The van der Waals surface area contributed by atoms with Crippen LogP contribution in [-0.4, -0.2) is 50.7 Å². The Balaban J connectivity index is 1.67. The number of nitrogens with zero attached hydrogens (tertiary/aromatic N) is 4. The van der Waals surface area contributed by atoms with Crippen LogP contribution in [0.5, 0.6) is 0 Å². The van der Waals surface area contributed by atoms with Gasteiger partial charge in [-0.05, 0) is 52.5 Å². The molecule has 2 aromatic rings. The molecule has 2 atom stereocenters. The van der Waals surface area contributed by atoms with E-state index in [-0.39, 0.29) is 11.9 Å². The summed E-state index contributed by atoms with van der Waals surface area (Å²) < 4.78 is 1.89. The molecule has 1 amide bonds. The van der Waals surface area contributed by atoms with Crippen molar-refractivity contribution in [2.45, 2.75) is 70.6 Å². The van der Waals surface area contributed by atoms with Gasteiger partial charge >= 0.3 is 0 Å². The van der Waals surface area contributed by atoms with Crippen LogP contribution in [0.2, 0.25) is 0 Å². The highest BCUT2D eigenvalue weighted by Crippen LogP contribution is 2.30. The summed E-state index contributed by atoms with van der Waals surface area (Å²) in [5, 5.41) is 8.96. The molecule has 1 N–H and O–H groups in total. The minimum Gasteiger partial charge on any atom is -0.339 e. The molecule has 0 aromatic carbocycles. The minimum absolute atomic E-state index is 0.0881. The van der Waals surface area contributed by atoms with E-state index in [0.717, 1.165) is 35.1 Å². The Morgan fingerprint density at radius 3 is 2.64 bits per heavy atom. The van der Waals surface area contributed by atoms with Crippen molar-refractivity contribution in [2.24, 2.45) is 0 Å². The Labute approximate surface area is 148 Å². The summed E-state index contributed by atoms with van der Waals surface area (Å²) in [6, 6.07) is 3.58. The zero-order chi connectivity index (χ0) is 17.7. The summed E-state index contributed by atoms with van der Waals surface area (Å²) >= 11 is 0. The predicted octanol–water partition coefficient (Wildman–Crippen LogP) is 2.68. The van der Waals surface area contributed by atoms with E-state index in [4.69, 9.17) is 0 Å². The molecule has 0 spiro atoms. The number of carbonyl (C=O) groups excluding carboxylic acids is 1. The van der Waals surface area contributed by atoms with Gasteiger partial charge < -0.3 is 10.2 Å². The van der Waals surface area contributed by atoms with Gasteiger partial charge in [-0.3, -0.25) is 4.79 Å². The Bertz CT molecular complexity index is 799. The quantitative estimate of drug-likeness (QED) is 0.932. The van der Waals surface area contributed by atoms with Crippen LogP contribution < -0.4 is 5.32 Å². The van der Waals surface area contributed by atoms with Crippen LogP contribution in [0.15, 0.2) is 12.3 Å². The number of carbonyl (C=O) groups is 1. The fraction of sp³-hybridized carbons (Fsp3) is 0.632. The number of piperidine rings is 1. The van der Waals surface area contributed by atoms with E-state index >= 15 is 0 Å². The monoisotopic (exact) mass is 341 g/mol. The highest BCUT2D eigenvalue weighted by Gasteiger charge is 2.37. The van der Waals surface area contributed by atoms with E-state index < -0.39 is 0 Å². The van der Waals surface area contributed by atoms with Gasteiger partial charge in [0.05, 0.1) is 17.1 Å². The molecular formula is C19H27N5O. The number of fused-ring (bicyclic) bond motifs is 3. The third-order valence-electron chi connectivity index (χ3n) is 5.73. The molecule has 2 fully saturated rings. The molecule has 2 aromatic heterocycles. The van der Waals surface area contributed by atoms with Gasteiger partial charge in [-0.25, -0.2) is 9.67 Å². The van der Waals surface area contributed by atoms with Crippen molar-refractivity contribution >= 4 is 16.9 Å². The first-order chi connectivity index (χ1) is 11.9. The molecule has 6 heteroatoms. The van der Waals surface area contributed by atoms with Crippen molar-refractivity contribution < 1.29 is 4.79 Å². The van der Waals surface area contributed by atoms with Gasteiger partial charge in [0.25, 0.3) is 5.91 Å². The van der Waals surface area contributed by atoms with E-state index in [2.05, 4.69) is 29.2 Å². The van der Waals surface area contributed by atoms with Crippen LogP contribution >= 0.6 is 0 Å². The standard InChI is InChI=1S/C19H27N5O/c1-11(2)24-18-17(10-20-24)16(7-12(3)21-18)19(25)23(4)15-8-13-5-6-14(9-15)22-13/h7,10-11,13-15,22H,5-6,8-9H2,1-4H3. The summed E-state index contributed by atoms with van der Waals surface area (Å²) in [4.78, 5) is 19.8. The largest absolute Gasteiger partial charge is 0.339 e. The lowest BCUT2D eigenvalue weighted by atomic mass is 9.97. The number of aryl methyl sites for hydroxylation is 1. The predicted molar refractivity (Wildman–Crippen MR) is 97.7 cm³/mol. The first kappa shape index (κ1) is 16.5. The van der Waals surface area contributed by atoms with E-state index in [1.807, 2.05) is 29.6 Å². The molecule has 2 aliphatic heterocycles. The second-order valence-electron chi connectivity index (χ2n) is 7.91. The molecule has 134 valence electrons. The molecule has 4 heterocycles. The van der Waals surface area contributed by atoms with E-state index in [0.29, 0.717) is 18.1 Å². The van der Waals surface area contributed by atoms with Gasteiger partial charge in [-0.15, -0.1) is 0 Å². The average molecular weight is 341 g/mol. The number of nitrogens with one attached hydrogen (secondary N) is 1. The Morgan fingerprint density at radius 1 is 1.32 bits per heavy atom. The second kappa shape index (κ2) is 6.09. The topological polar surface area (TPSA) is 63.1 Å². The third-order valence-corrected chi connectivity index (χ3v) is 5.73. The van der Waals surface area contributed by atoms with Crippen molar-refractivity contribution in [3.8, 4) is 0 Å². The lowest BCUT2D eigenvalue weighted by Crippen LogP contribution is -2.48. The SMILES string of the molecule is Cc1cc(C(=O)N(C)C2CC3CCC(C2)N3)c2cnn(C(C)C)c2n1. The molecule has 2 aliphatic rings. The lowest BCUT2D eigenvalue weighted by Gasteiger charge is -2.35. The van der Waals surface area contributed by atoms with E-state index in [1.165, 1.54) is 12.8 Å². The zero-order valence-corrected chi connectivity index (χ0v) is 15.5. The molecule has 0 aliphatic carbocycles. The van der Waals surface area contributed by atoms with Gasteiger partial charge in [0.2, 0.25) is 0 Å². The van der Waals surface area contributed by atoms with Gasteiger partial charge in [-0.2, -0.15) is 5.10 Å². The highest BCUT2D eigenvalue weighted by atomic mass is 16.2. The van der Waals surface area contributed by atoms with Gasteiger partial charge in [-0.1, -0.05) is 0 Å². The number of amides is 1. The number of pyridine rings is 1. The molecule has 2 bridgehead atoms. The van der Waals surface area contributed by atoms with Gasteiger partial charge in [0, 0.05) is 36.9 Å². The third kappa shape index (κ3) is 2.82. The van der Waals surface area contributed by atoms with E-state index in [1.54, 1.807) is 6.20 Å². The average Bonchev–Trinajstić information content (AvgIpc) is 3.15. The molecule has 25 heavy (non-hydrogen) atoms. The molecule has 4 rings (SSSR count). The summed E-state index contributed by atoms with van der Waals surface area (Å²) in [7, 11) is 1.95. The van der Waals surface area contributed by atoms with Crippen LogP contribution in [0.25, 0.3) is 11.0 Å². The summed E-state index contributed by atoms with van der Waals surface area (Å²) in [5.74, 6) is 0.0881. The Hall–Kier alpha value is -1.95. The van der Waals surface area contributed by atoms with Crippen molar-refractivity contribution in [2.75, 3.05) is 7.05 Å².